The number of benzene rings is 2. The summed E-state index contributed by atoms with van der Waals surface area (Å²) in [5.41, 5.74) is 2.87. The number of ketones is 1. The van der Waals surface area contributed by atoms with E-state index in [1.54, 1.807) is 30.3 Å². The van der Waals surface area contributed by atoms with E-state index in [0.29, 0.717) is 21.3 Å². The van der Waals surface area contributed by atoms with Crippen molar-refractivity contribution < 1.29 is 9.59 Å². The molecule has 21 heavy (non-hydrogen) atoms. The highest BCUT2D eigenvalue weighted by molar-refractivity contribution is 6.52. The molecule has 3 nitrogen and oxygen atoms in total. The summed E-state index contributed by atoms with van der Waals surface area (Å²) in [7, 11) is 0. The number of Topliss-reactive ketones (excluding diaryl/α,β-unsaturated/α-hetero) is 1. The fourth-order valence-corrected chi connectivity index (χ4v) is 2.71. The van der Waals surface area contributed by atoms with Crippen LogP contribution in [0.3, 0.4) is 0 Å². The molecular weight excluding hydrogens is 309 g/mol. The van der Waals surface area contributed by atoms with Gasteiger partial charge >= 0.3 is 0 Å². The van der Waals surface area contributed by atoms with Crippen molar-refractivity contribution in [3.05, 3.63) is 63.1 Å². The van der Waals surface area contributed by atoms with Crippen LogP contribution in [0.1, 0.15) is 21.5 Å². The summed E-state index contributed by atoms with van der Waals surface area (Å²) in [6, 6.07) is 10.6. The van der Waals surface area contributed by atoms with Crippen molar-refractivity contribution in [2.24, 2.45) is 0 Å². The molecule has 1 heterocycles. The zero-order valence-corrected chi connectivity index (χ0v) is 12.7. The molecule has 0 bridgehead atoms. The molecule has 2 aromatic rings. The molecule has 5 heteroatoms. The smallest absolute Gasteiger partial charge is 0.299 e. The molecule has 0 spiro atoms. The lowest BCUT2D eigenvalue weighted by Crippen LogP contribution is -2.29. The third-order valence-corrected chi connectivity index (χ3v) is 4.19. The van der Waals surface area contributed by atoms with Crippen LogP contribution in [0.25, 0.3) is 0 Å². The SMILES string of the molecule is Cc1ccc2c(c1)C(=O)C(=O)N2Cc1ccc(Cl)c(Cl)c1. The maximum absolute atomic E-state index is 12.1. The minimum absolute atomic E-state index is 0.289. The predicted octanol–water partition coefficient (Wildman–Crippen LogP) is 4.03. The van der Waals surface area contributed by atoms with Crippen LogP contribution in [0.2, 0.25) is 10.0 Å². The van der Waals surface area contributed by atoms with Gasteiger partial charge in [-0.1, -0.05) is 40.9 Å². The average Bonchev–Trinajstić information content (AvgIpc) is 2.68. The zero-order valence-electron chi connectivity index (χ0n) is 11.2. The lowest BCUT2D eigenvalue weighted by Gasteiger charge is -2.17. The highest BCUT2D eigenvalue weighted by Gasteiger charge is 2.35. The fraction of sp³-hybridized carbons (Fsp3) is 0.125. The van der Waals surface area contributed by atoms with Gasteiger partial charge < -0.3 is 4.90 Å². The molecule has 0 radical (unpaired) electrons. The monoisotopic (exact) mass is 319 g/mol. The third kappa shape index (κ3) is 2.43. The number of amides is 1. The van der Waals surface area contributed by atoms with Gasteiger partial charge in [0.15, 0.2) is 0 Å². The van der Waals surface area contributed by atoms with Crippen molar-refractivity contribution in [3.8, 4) is 0 Å². The van der Waals surface area contributed by atoms with Crippen molar-refractivity contribution in [2.45, 2.75) is 13.5 Å². The van der Waals surface area contributed by atoms with Gasteiger partial charge in [-0.3, -0.25) is 9.59 Å². The molecule has 2 aromatic carbocycles. The van der Waals surface area contributed by atoms with E-state index in [0.717, 1.165) is 11.1 Å². The van der Waals surface area contributed by atoms with Crippen LogP contribution >= 0.6 is 23.2 Å². The molecule has 1 amide bonds. The Morgan fingerprint density at radius 2 is 1.76 bits per heavy atom. The highest BCUT2D eigenvalue weighted by atomic mass is 35.5. The summed E-state index contributed by atoms with van der Waals surface area (Å²) in [6.07, 6.45) is 0. The van der Waals surface area contributed by atoms with Crippen LogP contribution in [-0.2, 0) is 11.3 Å². The molecule has 0 aliphatic carbocycles. The van der Waals surface area contributed by atoms with Gasteiger partial charge in [0.2, 0.25) is 0 Å². The van der Waals surface area contributed by atoms with E-state index in [9.17, 15) is 9.59 Å². The molecular formula is C16H11Cl2NO2. The number of nitrogens with zero attached hydrogens (tertiary/aromatic N) is 1. The Morgan fingerprint density at radius 3 is 2.48 bits per heavy atom. The predicted molar refractivity (Wildman–Crippen MR) is 83.2 cm³/mol. The first-order valence-electron chi connectivity index (χ1n) is 6.38. The van der Waals surface area contributed by atoms with E-state index in [4.69, 9.17) is 23.2 Å². The average molecular weight is 320 g/mol. The van der Waals surface area contributed by atoms with Gasteiger partial charge in [-0.2, -0.15) is 0 Å². The Balaban J connectivity index is 1.98. The first-order valence-corrected chi connectivity index (χ1v) is 7.14. The summed E-state index contributed by atoms with van der Waals surface area (Å²) in [5.74, 6) is -0.976. The minimum atomic E-state index is -0.512. The number of fused-ring (bicyclic) bond motifs is 1. The van der Waals surface area contributed by atoms with Crippen molar-refractivity contribution in [2.75, 3.05) is 4.90 Å². The van der Waals surface area contributed by atoms with Crippen molar-refractivity contribution in [3.63, 3.8) is 0 Å². The molecule has 0 N–H and O–H groups in total. The lowest BCUT2D eigenvalue weighted by atomic mass is 10.1. The molecule has 0 saturated carbocycles. The van der Waals surface area contributed by atoms with Crippen LogP contribution in [0.4, 0.5) is 5.69 Å². The van der Waals surface area contributed by atoms with Crippen LogP contribution in [0, 0.1) is 6.92 Å². The van der Waals surface area contributed by atoms with Crippen molar-refractivity contribution in [1.82, 2.24) is 0 Å². The van der Waals surface area contributed by atoms with Crippen molar-refractivity contribution in [1.29, 1.82) is 0 Å². The Hall–Kier alpha value is -1.84. The molecule has 0 unspecified atom stereocenters. The molecule has 0 fully saturated rings. The van der Waals surface area contributed by atoms with E-state index in [2.05, 4.69) is 0 Å². The number of hydrogen-bond donors (Lipinski definition) is 0. The van der Waals surface area contributed by atoms with Gasteiger partial charge in [-0.25, -0.2) is 0 Å². The summed E-state index contributed by atoms with van der Waals surface area (Å²) in [6.45, 7) is 2.18. The van der Waals surface area contributed by atoms with E-state index in [-0.39, 0.29) is 6.54 Å². The summed E-state index contributed by atoms with van der Waals surface area (Å²) >= 11 is 11.9. The van der Waals surface area contributed by atoms with Crippen LogP contribution in [-0.4, -0.2) is 11.7 Å². The van der Waals surface area contributed by atoms with Crippen molar-refractivity contribution >= 4 is 40.6 Å². The molecule has 0 aromatic heterocycles. The van der Waals surface area contributed by atoms with E-state index >= 15 is 0 Å². The number of rotatable bonds is 2. The second-order valence-electron chi connectivity index (χ2n) is 4.99. The van der Waals surface area contributed by atoms with Gasteiger partial charge in [-0.05, 0) is 36.8 Å². The number of carbonyl (C=O) groups excluding carboxylic acids is 2. The summed E-state index contributed by atoms with van der Waals surface area (Å²) in [5, 5.41) is 0.886. The Kier molecular flexibility index (Phi) is 3.47. The zero-order chi connectivity index (χ0) is 15.1. The maximum atomic E-state index is 12.1. The molecule has 106 valence electrons. The van der Waals surface area contributed by atoms with E-state index in [1.165, 1.54) is 4.90 Å². The first-order chi connectivity index (χ1) is 9.97. The minimum Gasteiger partial charge on any atom is -0.300 e. The summed E-state index contributed by atoms with van der Waals surface area (Å²) < 4.78 is 0. The fourth-order valence-electron chi connectivity index (χ4n) is 2.39. The van der Waals surface area contributed by atoms with Crippen LogP contribution in [0.15, 0.2) is 36.4 Å². The largest absolute Gasteiger partial charge is 0.300 e. The number of anilines is 1. The van der Waals surface area contributed by atoms with Gasteiger partial charge in [0.25, 0.3) is 11.7 Å². The number of halogens is 2. The van der Waals surface area contributed by atoms with Gasteiger partial charge in [0.05, 0.1) is 27.8 Å². The molecule has 1 aliphatic rings. The van der Waals surface area contributed by atoms with Gasteiger partial charge in [-0.15, -0.1) is 0 Å². The third-order valence-electron chi connectivity index (χ3n) is 3.45. The molecule has 3 rings (SSSR count). The highest BCUT2D eigenvalue weighted by Crippen LogP contribution is 2.32. The molecule has 0 atom stereocenters. The Bertz CT molecular complexity index is 771. The molecule has 0 saturated heterocycles. The first kappa shape index (κ1) is 14.1. The second kappa shape index (κ2) is 5.17. The lowest BCUT2D eigenvalue weighted by molar-refractivity contribution is -0.114. The van der Waals surface area contributed by atoms with Crippen LogP contribution < -0.4 is 4.90 Å². The Labute approximate surface area is 132 Å². The number of hydrogen-bond acceptors (Lipinski definition) is 2. The quantitative estimate of drug-likeness (QED) is 0.784. The normalized spacial score (nSPS) is 13.8. The maximum Gasteiger partial charge on any atom is 0.299 e. The van der Waals surface area contributed by atoms with Crippen LogP contribution in [0.5, 0.6) is 0 Å². The number of carbonyl (C=O) groups is 2. The Morgan fingerprint density at radius 1 is 1.00 bits per heavy atom. The van der Waals surface area contributed by atoms with E-state index in [1.807, 2.05) is 13.0 Å². The number of aryl methyl sites for hydroxylation is 1. The van der Waals surface area contributed by atoms with E-state index < -0.39 is 11.7 Å². The topological polar surface area (TPSA) is 37.4 Å². The summed E-state index contributed by atoms with van der Waals surface area (Å²) in [4.78, 5) is 25.6. The second-order valence-corrected chi connectivity index (χ2v) is 5.80. The standard InChI is InChI=1S/C16H11Cl2NO2/c1-9-2-5-14-11(6-9)15(20)16(21)19(14)8-10-3-4-12(17)13(18)7-10/h2-7H,8H2,1H3. The van der Waals surface area contributed by atoms with Gasteiger partial charge in [0.1, 0.15) is 0 Å². The molecule has 1 aliphatic heterocycles. The van der Waals surface area contributed by atoms with Gasteiger partial charge in [0, 0.05) is 0 Å².